The number of nitrogens with zero attached hydrogens (tertiary/aromatic N) is 2. The Balaban J connectivity index is 1.39. The first kappa shape index (κ1) is 21.4. The van der Waals surface area contributed by atoms with Gasteiger partial charge in [0.05, 0.1) is 22.5 Å². The zero-order chi connectivity index (χ0) is 22.2. The highest BCUT2D eigenvalue weighted by atomic mass is 79.9. The number of carbonyl (C=O) groups is 1. The van der Waals surface area contributed by atoms with Crippen LogP contribution in [-0.4, -0.2) is 31.8 Å². The predicted molar refractivity (Wildman–Crippen MR) is 124 cm³/mol. The fourth-order valence-corrected chi connectivity index (χ4v) is 3.97. The molecule has 1 amide bonds. The maximum Gasteiger partial charge on any atom is 0.323 e. The highest BCUT2D eigenvalue weighted by molar-refractivity contribution is 9.10. The molecule has 2 heterocycles. The second-order valence-corrected chi connectivity index (χ2v) is 9.78. The number of amides is 1. The number of thioether (sulfide) groups is 1. The molecule has 0 fully saturated rings. The molecule has 4 rings (SSSR count). The van der Waals surface area contributed by atoms with Crippen LogP contribution in [0.4, 0.5) is 5.69 Å². The molecule has 0 bridgehead atoms. The lowest BCUT2D eigenvalue weighted by atomic mass is 9.87. The molecule has 0 spiro atoms. The highest BCUT2D eigenvalue weighted by Gasteiger charge is 2.16. The molecule has 0 aliphatic carbocycles. The number of benzene rings is 2. The minimum absolute atomic E-state index is 0.0671. The van der Waals surface area contributed by atoms with Gasteiger partial charge in [0, 0.05) is 10.0 Å². The largest absolute Gasteiger partial charge is 0.411 e. The van der Waals surface area contributed by atoms with E-state index in [0.29, 0.717) is 32.3 Å². The number of anilines is 1. The van der Waals surface area contributed by atoms with Crippen molar-refractivity contribution in [3.8, 4) is 11.5 Å². The summed E-state index contributed by atoms with van der Waals surface area (Å²) in [5.74, 6) is 0.267. The van der Waals surface area contributed by atoms with Crippen molar-refractivity contribution >= 4 is 50.3 Å². The van der Waals surface area contributed by atoms with Gasteiger partial charge in [-0.05, 0) is 51.2 Å². The molecule has 2 aromatic heterocycles. The van der Waals surface area contributed by atoms with Gasteiger partial charge in [-0.3, -0.25) is 4.79 Å². The minimum Gasteiger partial charge on any atom is -0.411 e. The Hall–Kier alpha value is -2.85. The molecule has 0 radical (unpaired) electrons. The maximum absolute atomic E-state index is 12.4. The first-order chi connectivity index (χ1) is 14.7. The molecule has 2 aromatic carbocycles. The molecular formula is C21H20BrN5O3S. The zero-order valence-corrected chi connectivity index (χ0v) is 19.5. The maximum atomic E-state index is 12.4. The summed E-state index contributed by atoms with van der Waals surface area (Å²) >= 11 is 4.55. The van der Waals surface area contributed by atoms with Crippen LogP contribution < -0.4 is 11.0 Å². The molecule has 8 nitrogen and oxygen atoms in total. The third kappa shape index (κ3) is 4.91. The van der Waals surface area contributed by atoms with E-state index in [2.05, 4.69) is 62.2 Å². The van der Waals surface area contributed by atoms with Crippen molar-refractivity contribution in [2.45, 2.75) is 31.4 Å². The van der Waals surface area contributed by atoms with Crippen molar-refractivity contribution in [1.82, 2.24) is 20.2 Å². The molecular weight excluding hydrogens is 482 g/mol. The summed E-state index contributed by atoms with van der Waals surface area (Å²) in [4.78, 5) is 29.1. The van der Waals surface area contributed by atoms with Gasteiger partial charge in [-0.1, -0.05) is 44.7 Å². The number of aromatic amines is 2. The summed E-state index contributed by atoms with van der Waals surface area (Å²) in [7, 11) is 0. The van der Waals surface area contributed by atoms with Crippen LogP contribution in [0.2, 0.25) is 0 Å². The third-order valence-electron chi connectivity index (χ3n) is 4.61. The van der Waals surface area contributed by atoms with Crippen LogP contribution in [-0.2, 0) is 10.2 Å². The van der Waals surface area contributed by atoms with Crippen LogP contribution in [0.1, 0.15) is 26.3 Å². The number of H-pyrrole nitrogens is 2. The number of rotatable bonds is 5. The normalized spacial score (nSPS) is 11.7. The number of hydrogen-bond acceptors (Lipinski definition) is 6. The van der Waals surface area contributed by atoms with Crippen LogP contribution in [0.5, 0.6) is 0 Å². The van der Waals surface area contributed by atoms with E-state index < -0.39 is 0 Å². The SMILES string of the molecule is CC(C)(C)c1ccc(-c2nnc(SCC(=O)Nc3cc4[nH]c(=O)[nH]c4cc3Br)o2)cc1. The van der Waals surface area contributed by atoms with Gasteiger partial charge in [-0.25, -0.2) is 4.79 Å². The van der Waals surface area contributed by atoms with E-state index in [4.69, 9.17) is 4.42 Å². The van der Waals surface area contributed by atoms with Crippen molar-refractivity contribution in [3.63, 3.8) is 0 Å². The van der Waals surface area contributed by atoms with Crippen molar-refractivity contribution in [3.05, 3.63) is 56.9 Å². The number of halogens is 1. The standard InChI is InChI=1S/C21H20BrN5O3S/c1-21(2,3)12-6-4-11(5-7-12)18-26-27-20(30-18)31-10-17(28)23-14-9-16-15(8-13(14)22)24-19(29)25-16/h4-9H,10H2,1-3H3,(H,23,28)(H2,24,25,29). The molecule has 0 aliphatic rings. The topological polar surface area (TPSA) is 117 Å². The van der Waals surface area contributed by atoms with E-state index in [1.165, 1.54) is 5.56 Å². The Labute approximate surface area is 190 Å². The Morgan fingerprint density at radius 1 is 1.13 bits per heavy atom. The number of carbonyl (C=O) groups excluding carboxylic acids is 1. The van der Waals surface area contributed by atoms with Gasteiger partial charge < -0.3 is 19.7 Å². The lowest BCUT2D eigenvalue weighted by Gasteiger charge is -2.18. The van der Waals surface area contributed by atoms with Crippen molar-refractivity contribution in [2.75, 3.05) is 11.1 Å². The van der Waals surface area contributed by atoms with Gasteiger partial charge in [0.2, 0.25) is 11.8 Å². The van der Waals surface area contributed by atoms with Gasteiger partial charge in [-0.2, -0.15) is 0 Å². The Kier molecular flexibility index (Phi) is 5.76. The van der Waals surface area contributed by atoms with E-state index >= 15 is 0 Å². The molecule has 0 atom stereocenters. The van der Waals surface area contributed by atoms with E-state index in [1.54, 1.807) is 12.1 Å². The predicted octanol–water partition coefficient (Wildman–Crippen LogP) is 4.70. The lowest BCUT2D eigenvalue weighted by Crippen LogP contribution is -2.14. The van der Waals surface area contributed by atoms with E-state index in [-0.39, 0.29) is 22.8 Å². The fraction of sp³-hybridized carbons (Fsp3) is 0.238. The molecule has 0 saturated heterocycles. The zero-order valence-electron chi connectivity index (χ0n) is 17.1. The molecule has 160 valence electrons. The van der Waals surface area contributed by atoms with Gasteiger partial charge in [0.25, 0.3) is 5.22 Å². The average Bonchev–Trinajstić information content (AvgIpc) is 3.32. The van der Waals surface area contributed by atoms with Crippen molar-refractivity contribution < 1.29 is 9.21 Å². The van der Waals surface area contributed by atoms with Crippen LogP contribution in [0.3, 0.4) is 0 Å². The van der Waals surface area contributed by atoms with Crippen molar-refractivity contribution in [1.29, 1.82) is 0 Å². The van der Waals surface area contributed by atoms with Gasteiger partial charge in [-0.15, -0.1) is 10.2 Å². The Morgan fingerprint density at radius 3 is 2.48 bits per heavy atom. The molecule has 10 heteroatoms. The van der Waals surface area contributed by atoms with E-state index in [0.717, 1.165) is 17.3 Å². The first-order valence-electron chi connectivity index (χ1n) is 9.48. The number of fused-ring (bicyclic) bond motifs is 1. The molecule has 0 unspecified atom stereocenters. The summed E-state index contributed by atoms with van der Waals surface area (Å²) in [6, 6.07) is 11.4. The molecule has 0 saturated carbocycles. The Morgan fingerprint density at radius 2 is 1.81 bits per heavy atom. The number of aromatic nitrogens is 4. The molecule has 0 aliphatic heterocycles. The smallest absolute Gasteiger partial charge is 0.323 e. The highest BCUT2D eigenvalue weighted by Crippen LogP contribution is 2.29. The summed E-state index contributed by atoms with van der Waals surface area (Å²) in [5, 5.41) is 11.2. The minimum atomic E-state index is -0.304. The van der Waals surface area contributed by atoms with Crippen LogP contribution in [0.15, 0.2) is 55.3 Å². The third-order valence-corrected chi connectivity index (χ3v) is 6.08. The monoisotopic (exact) mass is 501 g/mol. The second-order valence-electron chi connectivity index (χ2n) is 7.99. The van der Waals surface area contributed by atoms with E-state index in [9.17, 15) is 9.59 Å². The van der Waals surface area contributed by atoms with Crippen molar-refractivity contribution in [2.24, 2.45) is 0 Å². The molecule has 4 aromatic rings. The summed E-state index contributed by atoms with van der Waals surface area (Å²) in [5.41, 5.74) is 3.62. The van der Waals surface area contributed by atoms with Crippen LogP contribution in [0, 0.1) is 0 Å². The second kappa shape index (κ2) is 8.35. The van der Waals surface area contributed by atoms with Gasteiger partial charge >= 0.3 is 5.69 Å². The van der Waals surface area contributed by atoms with E-state index in [1.807, 2.05) is 24.3 Å². The summed E-state index contributed by atoms with van der Waals surface area (Å²) < 4.78 is 6.35. The molecule has 3 N–H and O–H groups in total. The van der Waals surface area contributed by atoms with Gasteiger partial charge in [0.1, 0.15) is 0 Å². The van der Waals surface area contributed by atoms with Gasteiger partial charge in [0.15, 0.2) is 0 Å². The van der Waals surface area contributed by atoms with Crippen LogP contribution in [0.25, 0.3) is 22.5 Å². The first-order valence-corrected chi connectivity index (χ1v) is 11.3. The Bertz CT molecular complexity index is 1300. The quantitative estimate of drug-likeness (QED) is 0.341. The fourth-order valence-electron chi connectivity index (χ4n) is 2.96. The van der Waals surface area contributed by atoms with Crippen LogP contribution >= 0.6 is 27.7 Å². The lowest BCUT2D eigenvalue weighted by molar-refractivity contribution is -0.113. The summed E-state index contributed by atoms with van der Waals surface area (Å²) in [6.07, 6.45) is 0. The summed E-state index contributed by atoms with van der Waals surface area (Å²) in [6.45, 7) is 6.47. The number of imidazole rings is 1. The number of nitrogens with one attached hydrogen (secondary N) is 3. The molecule has 31 heavy (non-hydrogen) atoms. The number of hydrogen-bond donors (Lipinski definition) is 3. The average molecular weight is 502 g/mol.